The number of fused-ring (bicyclic) bond motifs is 1. The molecule has 0 spiro atoms. The van der Waals surface area contributed by atoms with Crippen molar-refractivity contribution in [1.82, 2.24) is 0 Å². The minimum Gasteiger partial charge on any atom is -0.478 e. The van der Waals surface area contributed by atoms with Crippen molar-refractivity contribution >= 4 is 29.3 Å². The van der Waals surface area contributed by atoms with E-state index in [1.807, 2.05) is 0 Å². The molecule has 0 fully saturated rings. The van der Waals surface area contributed by atoms with Gasteiger partial charge in [0.1, 0.15) is 5.75 Å². The topological polar surface area (TPSA) is 50.9 Å². The molecule has 1 unspecified atom stereocenters. The lowest BCUT2D eigenvalue weighted by Gasteiger charge is -2.27. The van der Waals surface area contributed by atoms with E-state index >= 15 is 0 Å². The molecule has 27 heavy (non-hydrogen) atoms. The third-order valence-corrected chi connectivity index (χ3v) is 4.37. The number of carbonyl (C=O) groups is 1. The van der Waals surface area contributed by atoms with Gasteiger partial charge >= 0.3 is 12.1 Å². The van der Waals surface area contributed by atoms with Crippen LogP contribution in [0.5, 0.6) is 5.75 Å². The largest absolute Gasteiger partial charge is 0.478 e. The highest BCUT2D eigenvalue weighted by Gasteiger charge is 2.48. The highest BCUT2D eigenvalue weighted by atomic mass is 35.5. The van der Waals surface area contributed by atoms with Gasteiger partial charge in [-0.05, 0) is 35.8 Å². The quantitative estimate of drug-likeness (QED) is 0.722. The Morgan fingerprint density at radius 1 is 1.26 bits per heavy atom. The lowest BCUT2D eigenvalue weighted by Crippen LogP contribution is -2.40. The van der Waals surface area contributed by atoms with Crippen molar-refractivity contribution in [3.63, 3.8) is 0 Å². The minimum atomic E-state index is -4.86. The van der Waals surface area contributed by atoms with Crippen LogP contribution in [0.25, 0.3) is 10.9 Å². The predicted octanol–water partition coefficient (Wildman–Crippen LogP) is 5.27. The zero-order valence-electron chi connectivity index (χ0n) is 13.5. The Bertz CT molecular complexity index is 975. The van der Waals surface area contributed by atoms with E-state index < -0.39 is 23.8 Å². The Labute approximate surface area is 157 Å². The van der Waals surface area contributed by atoms with Gasteiger partial charge in [-0.3, -0.25) is 0 Å². The second-order valence-electron chi connectivity index (χ2n) is 5.88. The normalized spacial score (nSPS) is 16.0. The molecule has 1 atom stereocenters. The zero-order chi connectivity index (χ0) is 19.8. The molecule has 2 aromatic carbocycles. The fourth-order valence-corrected chi connectivity index (χ4v) is 2.96. The molecule has 2 aromatic rings. The number of nitrogens with zero attached hydrogens (tertiary/aromatic N) is 1. The standard InChI is InChI=1S/C19H11ClF3NO3/c1-24-13-4-2-10(3-5-13)6-11-9-16-12(8-15(11)20)7-14(18(25)26)17(27-16)19(21,22)23/h2-5,7-9,17H,6H2,(H,25,26). The Kier molecular flexibility index (Phi) is 4.85. The fourth-order valence-electron chi connectivity index (χ4n) is 2.72. The second-order valence-corrected chi connectivity index (χ2v) is 6.29. The Morgan fingerprint density at radius 3 is 2.48 bits per heavy atom. The van der Waals surface area contributed by atoms with Gasteiger partial charge in [-0.2, -0.15) is 13.2 Å². The van der Waals surface area contributed by atoms with Crippen LogP contribution in [0, 0.1) is 6.57 Å². The molecule has 1 aliphatic rings. The van der Waals surface area contributed by atoms with Crippen molar-refractivity contribution in [3.05, 3.63) is 75.1 Å². The van der Waals surface area contributed by atoms with Crippen LogP contribution in [0.4, 0.5) is 18.9 Å². The van der Waals surface area contributed by atoms with E-state index in [-0.39, 0.29) is 16.3 Å². The molecule has 1 N–H and O–H groups in total. The summed E-state index contributed by atoms with van der Waals surface area (Å²) >= 11 is 6.22. The maximum absolute atomic E-state index is 13.2. The molecule has 0 aromatic heterocycles. The molecule has 0 saturated heterocycles. The van der Waals surface area contributed by atoms with Crippen LogP contribution in [-0.4, -0.2) is 23.4 Å². The summed E-state index contributed by atoms with van der Waals surface area (Å²) < 4.78 is 44.5. The Balaban J connectivity index is 1.98. The van der Waals surface area contributed by atoms with Crippen LogP contribution < -0.4 is 4.74 Å². The summed E-state index contributed by atoms with van der Waals surface area (Å²) in [6.07, 6.45) is -6.16. The van der Waals surface area contributed by atoms with Crippen molar-refractivity contribution in [2.24, 2.45) is 0 Å². The lowest BCUT2D eigenvalue weighted by atomic mass is 9.97. The van der Waals surface area contributed by atoms with Gasteiger partial charge in [0.15, 0.2) is 5.69 Å². The molecule has 4 nitrogen and oxygen atoms in total. The maximum atomic E-state index is 13.2. The van der Waals surface area contributed by atoms with Gasteiger partial charge in [-0.15, -0.1) is 0 Å². The van der Waals surface area contributed by atoms with Gasteiger partial charge in [0.25, 0.3) is 0 Å². The summed E-state index contributed by atoms with van der Waals surface area (Å²) in [6.45, 7) is 6.94. The number of ether oxygens (including phenoxy) is 1. The summed E-state index contributed by atoms with van der Waals surface area (Å²) in [7, 11) is 0. The molecule has 0 aliphatic carbocycles. The summed E-state index contributed by atoms with van der Waals surface area (Å²) in [4.78, 5) is 14.5. The third kappa shape index (κ3) is 3.91. The molecule has 1 heterocycles. The number of aliphatic carboxylic acids is 1. The van der Waals surface area contributed by atoms with Crippen molar-refractivity contribution < 1.29 is 27.8 Å². The van der Waals surface area contributed by atoms with Crippen molar-refractivity contribution in [2.45, 2.75) is 18.7 Å². The Morgan fingerprint density at radius 2 is 1.93 bits per heavy atom. The van der Waals surface area contributed by atoms with Crippen LogP contribution in [0.15, 0.2) is 42.0 Å². The van der Waals surface area contributed by atoms with Crippen LogP contribution in [0.2, 0.25) is 5.02 Å². The first-order valence-corrected chi connectivity index (χ1v) is 8.04. The first-order chi connectivity index (χ1) is 12.7. The smallest absolute Gasteiger partial charge is 0.430 e. The molecule has 8 heteroatoms. The highest BCUT2D eigenvalue weighted by Crippen LogP contribution is 2.39. The summed E-state index contributed by atoms with van der Waals surface area (Å²) in [5.41, 5.74) is 1.09. The predicted molar refractivity (Wildman–Crippen MR) is 93.0 cm³/mol. The Hall–Kier alpha value is -2.98. The van der Waals surface area contributed by atoms with E-state index in [0.29, 0.717) is 17.7 Å². The number of rotatable bonds is 3. The van der Waals surface area contributed by atoms with Gasteiger partial charge in [-0.25, -0.2) is 9.64 Å². The van der Waals surface area contributed by atoms with Gasteiger partial charge < -0.3 is 9.84 Å². The number of benzene rings is 2. The molecule has 0 radical (unpaired) electrons. The summed E-state index contributed by atoms with van der Waals surface area (Å²) in [5.74, 6) is -1.79. The molecule has 138 valence electrons. The molecule has 0 saturated carbocycles. The molecule has 0 bridgehead atoms. The SMILES string of the molecule is [C-]#[N+]c1ccc(Cc2cc3c(cc2Cl)C=C(C(=O)O)C(C(F)(F)F)O3)cc1. The number of hydrogen-bond donors (Lipinski definition) is 1. The maximum Gasteiger partial charge on any atom is 0.430 e. The van der Waals surface area contributed by atoms with E-state index in [0.717, 1.165) is 11.6 Å². The number of alkyl halides is 3. The lowest BCUT2D eigenvalue weighted by molar-refractivity contribution is -0.187. The van der Waals surface area contributed by atoms with E-state index in [4.69, 9.17) is 28.0 Å². The van der Waals surface area contributed by atoms with Crippen molar-refractivity contribution in [1.29, 1.82) is 0 Å². The van der Waals surface area contributed by atoms with Gasteiger partial charge in [0.2, 0.25) is 6.10 Å². The van der Waals surface area contributed by atoms with Gasteiger partial charge in [0, 0.05) is 10.6 Å². The first-order valence-electron chi connectivity index (χ1n) is 7.66. The molecular formula is C19H11ClF3NO3. The first kappa shape index (κ1) is 18.8. The number of carboxylic acid groups (broad SMARTS) is 1. The summed E-state index contributed by atoms with van der Waals surface area (Å²) in [6, 6.07) is 9.49. The van der Waals surface area contributed by atoms with Crippen molar-refractivity contribution in [3.8, 4) is 5.75 Å². The number of hydrogen-bond acceptors (Lipinski definition) is 2. The second kappa shape index (κ2) is 6.97. The molecule has 0 amide bonds. The average molecular weight is 394 g/mol. The minimum absolute atomic E-state index is 0.0838. The van der Waals surface area contributed by atoms with E-state index in [9.17, 15) is 18.0 Å². The monoisotopic (exact) mass is 393 g/mol. The van der Waals surface area contributed by atoms with Crippen LogP contribution in [0.3, 0.4) is 0 Å². The van der Waals surface area contributed by atoms with E-state index in [2.05, 4.69) is 4.85 Å². The molecule has 1 aliphatic heterocycles. The molecule has 3 rings (SSSR count). The zero-order valence-corrected chi connectivity index (χ0v) is 14.3. The van der Waals surface area contributed by atoms with Crippen LogP contribution in [-0.2, 0) is 11.2 Å². The number of halogens is 4. The third-order valence-electron chi connectivity index (χ3n) is 4.02. The highest BCUT2D eigenvalue weighted by molar-refractivity contribution is 6.31. The van der Waals surface area contributed by atoms with Gasteiger partial charge in [0.05, 0.1) is 12.1 Å². The van der Waals surface area contributed by atoms with Gasteiger partial charge in [-0.1, -0.05) is 35.9 Å². The van der Waals surface area contributed by atoms with Crippen LogP contribution >= 0.6 is 11.6 Å². The van der Waals surface area contributed by atoms with Crippen LogP contribution in [0.1, 0.15) is 16.7 Å². The fraction of sp³-hybridized carbons (Fsp3) is 0.158. The molecular weight excluding hydrogens is 383 g/mol. The van der Waals surface area contributed by atoms with E-state index in [1.54, 1.807) is 24.3 Å². The van der Waals surface area contributed by atoms with E-state index in [1.165, 1.54) is 12.1 Å². The number of carboxylic acids is 1. The summed E-state index contributed by atoms with van der Waals surface area (Å²) in [5, 5.41) is 9.33. The average Bonchev–Trinajstić information content (AvgIpc) is 2.61. The van der Waals surface area contributed by atoms with Crippen molar-refractivity contribution in [2.75, 3.05) is 0 Å².